The SMILES string of the molecule is CO[Si](CCCSC(F)(F)CF)(OC)OC. The van der Waals surface area contributed by atoms with Gasteiger partial charge in [-0.2, -0.15) is 8.78 Å². The second-order valence-corrected chi connectivity index (χ2v) is 7.40. The van der Waals surface area contributed by atoms with Crippen LogP contribution in [0, 0.1) is 0 Å². The maximum absolute atomic E-state index is 12.5. The molecule has 0 bridgehead atoms. The molecule has 0 aliphatic carbocycles. The van der Waals surface area contributed by atoms with Gasteiger partial charge >= 0.3 is 14.1 Å². The average molecular weight is 278 g/mol. The van der Waals surface area contributed by atoms with Crippen LogP contribution in [0.3, 0.4) is 0 Å². The Hall–Kier alpha value is 0.237. The predicted molar refractivity (Wildman–Crippen MR) is 59.6 cm³/mol. The highest BCUT2D eigenvalue weighted by Gasteiger charge is 2.37. The third-order valence-electron chi connectivity index (χ3n) is 2.03. The van der Waals surface area contributed by atoms with Crippen molar-refractivity contribution in [2.45, 2.75) is 17.7 Å². The molecule has 0 heterocycles. The molecule has 16 heavy (non-hydrogen) atoms. The fourth-order valence-electron chi connectivity index (χ4n) is 1.10. The van der Waals surface area contributed by atoms with E-state index in [-0.39, 0.29) is 5.75 Å². The Balaban J connectivity index is 3.88. The minimum atomic E-state index is -3.29. The smallest absolute Gasteiger partial charge is 0.377 e. The van der Waals surface area contributed by atoms with Crippen molar-refractivity contribution in [2.75, 3.05) is 33.8 Å². The van der Waals surface area contributed by atoms with Crippen molar-refractivity contribution >= 4 is 20.6 Å². The van der Waals surface area contributed by atoms with E-state index in [1.807, 2.05) is 0 Å². The van der Waals surface area contributed by atoms with Crippen LogP contribution < -0.4 is 0 Å². The molecule has 0 aliphatic rings. The number of alkyl halides is 3. The van der Waals surface area contributed by atoms with Gasteiger partial charge in [-0.15, -0.1) is 0 Å². The van der Waals surface area contributed by atoms with Crippen LogP contribution in [0.5, 0.6) is 0 Å². The number of hydrogen-bond acceptors (Lipinski definition) is 4. The molecule has 0 rings (SSSR count). The Morgan fingerprint density at radius 1 is 1.12 bits per heavy atom. The van der Waals surface area contributed by atoms with Crippen LogP contribution in [-0.2, 0) is 13.3 Å². The summed E-state index contributed by atoms with van der Waals surface area (Å²) in [6, 6.07) is 0.436. The molecule has 0 aromatic heterocycles. The summed E-state index contributed by atoms with van der Waals surface area (Å²) in [4.78, 5) is 0. The number of rotatable bonds is 9. The summed E-state index contributed by atoms with van der Waals surface area (Å²) in [5, 5.41) is -3.29. The fourth-order valence-corrected chi connectivity index (χ4v) is 3.75. The van der Waals surface area contributed by atoms with Crippen molar-refractivity contribution in [3.63, 3.8) is 0 Å². The summed E-state index contributed by atoms with van der Waals surface area (Å²) < 4.78 is 52.2. The van der Waals surface area contributed by atoms with Crippen molar-refractivity contribution in [3.8, 4) is 0 Å². The van der Waals surface area contributed by atoms with E-state index >= 15 is 0 Å². The zero-order chi connectivity index (χ0) is 12.7. The number of thioether (sulfide) groups is 1. The molecule has 0 aliphatic heterocycles. The highest BCUT2D eigenvalue weighted by molar-refractivity contribution is 8.00. The molecule has 0 saturated carbocycles. The monoisotopic (exact) mass is 278 g/mol. The Kier molecular flexibility index (Phi) is 7.65. The van der Waals surface area contributed by atoms with Gasteiger partial charge in [0.15, 0.2) is 6.67 Å². The second kappa shape index (κ2) is 7.54. The molecule has 3 nitrogen and oxygen atoms in total. The third kappa shape index (κ3) is 5.53. The molecule has 0 fully saturated rings. The van der Waals surface area contributed by atoms with Gasteiger partial charge in [0.25, 0.3) is 0 Å². The predicted octanol–water partition coefficient (Wildman–Crippen LogP) is 2.55. The van der Waals surface area contributed by atoms with Gasteiger partial charge in [-0.3, -0.25) is 0 Å². The van der Waals surface area contributed by atoms with Crippen LogP contribution in [-0.4, -0.2) is 47.8 Å². The Morgan fingerprint density at radius 3 is 2.00 bits per heavy atom. The molecule has 0 amide bonds. The summed E-state index contributed by atoms with van der Waals surface area (Å²) in [6.45, 7) is -1.64. The first kappa shape index (κ1) is 16.2. The standard InChI is InChI=1S/C8H17F3O3SSi/c1-12-16(13-2,14-3)6-4-5-15-8(10,11)7-9/h4-7H2,1-3H3. The molecule has 0 radical (unpaired) electrons. The van der Waals surface area contributed by atoms with Gasteiger partial charge < -0.3 is 13.3 Å². The normalized spacial score (nSPS) is 13.1. The first-order chi connectivity index (χ1) is 7.45. The van der Waals surface area contributed by atoms with Gasteiger partial charge in [-0.25, -0.2) is 4.39 Å². The molecule has 0 atom stereocenters. The van der Waals surface area contributed by atoms with E-state index in [0.717, 1.165) is 0 Å². The van der Waals surface area contributed by atoms with Crippen molar-refractivity contribution in [2.24, 2.45) is 0 Å². The lowest BCUT2D eigenvalue weighted by Gasteiger charge is -2.24. The quantitative estimate of drug-likeness (QED) is 0.478. The van der Waals surface area contributed by atoms with Crippen LogP contribution in [0.1, 0.15) is 6.42 Å². The Labute approximate surface area is 99.0 Å². The molecular weight excluding hydrogens is 261 g/mol. The van der Waals surface area contributed by atoms with Gasteiger partial charge in [0.2, 0.25) is 0 Å². The Morgan fingerprint density at radius 2 is 1.62 bits per heavy atom. The van der Waals surface area contributed by atoms with E-state index in [1.165, 1.54) is 21.3 Å². The van der Waals surface area contributed by atoms with E-state index in [1.54, 1.807) is 0 Å². The van der Waals surface area contributed by atoms with Crippen LogP contribution >= 0.6 is 11.8 Å². The van der Waals surface area contributed by atoms with E-state index in [9.17, 15) is 13.2 Å². The van der Waals surface area contributed by atoms with Crippen LogP contribution in [0.15, 0.2) is 0 Å². The largest absolute Gasteiger partial charge is 0.500 e. The Bertz CT molecular complexity index is 185. The van der Waals surface area contributed by atoms with Gasteiger partial charge in [0, 0.05) is 27.4 Å². The second-order valence-electron chi connectivity index (χ2n) is 3.02. The van der Waals surface area contributed by atoms with E-state index in [4.69, 9.17) is 13.3 Å². The lowest BCUT2D eigenvalue weighted by Crippen LogP contribution is -2.42. The molecule has 0 unspecified atom stereocenters. The third-order valence-corrected chi connectivity index (χ3v) is 5.89. The van der Waals surface area contributed by atoms with Crippen molar-refractivity contribution in [1.82, 2.24) is 0 Å². The highest BCUT2D eigenvalue weighted by Crippen LogP contribution is 2.30. The molecule has 0 N–H and O–H groups in total. The maximum Gasteiger partial charge on any atom is 0.500 e. The fraction of sp³-hybridized carbons (Fsp3) is 1.00. The first-order valence-corrected chi connectivity index (χ1v) is 7.60. The topological polar surface area (TPSA) is 27.7 Å². The van der Waals surface area contributed by atoms with Crippen LogP contribution in [0.25, 0.3) is 0 Å². The van der Waals surface area contributed by atoms with Gasteiger partial charge in [0.1, 0.15) is 0 Å². The van der Waals surface area contributed by atoms with Gasteiger partial charge in [-0.05, 0) is 12.2 Å². The minimum Gasteiger partial charge on any atom is -0.377 e. The van der Waals surface area contributed by atoms with E-state index < -0.39 is 20.7 Å². The number of hydrogen-bond donors (Lipinski definition) is 0. The van der Waals surface area contributed by atoms with Crippen LogP contribution in [0.4, 0.5) is 13.2 Å². The molecule has 0 spiro atoms. The van der Waals surface area contributed by atoms with Gasteiger partial charge in [-0.1, -0.05) is 11.8 Å². The summed E-state index contributed by atoms with van der Waals surface area (Å²) >= 11 is 0.298. The van der Waals surface area contributed by atoms with E-state index in [2.05, 4.69) is 0 Å². The minimum absolute atomic E-state index is 0.141. The average Bonchev–Trinajstić information content (AvgIpc) is 2.30. The van der Waals surface area contributed by atoms with Crippen molar-refractivity contribution < 1.29 is 26.4 Å². The molecule has 0 aromatic carbocycles. The van der Waals surface area contributed by atoms with Crippen molar-refractivity contribution in [3.05, 3.63) is 0 Å². The highest BCUT2D eigenvalue weighted by atomic mass is 32.2. The summed E-state index contributed by atoms with van der Waals surface area (Å²) in [5.41, 5.74) is 0. The lowest BCUT2D eigenvalue weighted by atomic mass is 10.6. The zero-order valence-corrected chi connectivity index (χ0v) is 11.4. The zero-order valence-electron chi connectivity index (χ0n) is 9.60. The van der Waals surface area contributed by atoms with Crippen LogP contribution in [0.2, 0.25) is 6.04 Å². The maximum atomic E-state index is 12.5. The molecule has 0 aromatic rings. The van der Waals surface area contributed by atoms with E-state index in [0.29, 0.717) is 24.2 Å². The summed E-state index contributed by atoms with van der Waals surface area (Å²) in [6.07, 6.45) is 0.433. The molecule has 0 saturated heterocycles. The number of halogens is 3. The summed E-state index contributed by atoms with van der Waals surface area (Å²) in [7, 11) is 1.71. The molecule has 98 valence electrons. The van der Waals surface area contributed by atoms with Crippen molar-refractivity contribution in [1.29, 1.82) is 0 Å². The van der Waals surface area contributed by atoms with Gasteiger partial charge in [0.05, 0.1) is 0 Å². The lowest BCUT2D eigenvalue weighted by molar-refractivity contribution is 0.0740. The molecule has 8 heteroatoms. The first-order valence-electron chi connectivity index (χ1n) is 4.68. The summed E-state index contributed by atoms with van der Waals surface area (Å²) in [5.74, 6) is 0.141. The molecular formula is C8H17F3O3SSi.